The lowest BCUT2D eigenvalue weighted by atomic mass is 9.83. The highest BCUT2D eigenvalue weighted by atomic mass is 16.6. The Balaban J connectivity index is 1.20. The van der Waals surface area contributed by atoms with Gasteiger partial charge in [0.1, 0.15) is 6.10 Å². The molecule has 1 aromatic carbocycles. The van der Waals surface area contributed by atoms with Gasteiger partial charge in [-0.3, -0.25) is 0 Å². The van der Waals surface area contributed by atoms with Gasteiger partial charge in [-0.1, -0.05) is 30.3 Å². The van der Waals surface area contributed by atoms with Crippen molar-refractivity contribution >= 4 is 6.09 Å². The van der Waals surface area contributed by atoms with Gasteiger partial charge in [0.25, 0.3) is 0 Å². The first-order chi connectivity index (χ1) is 15.7. The number of amides is 1. The third kappa shape index (κ3) is 13.6. The van der Waals surface area contributed by atoms with Crippen LogP contribution in [0.4, 0.5) is 4.79 Å². The third-order valence-electron chi connectivity index (χ3n) is 4.80. The van der Waals surface area contributed by atoms with E-state index in [2.05, 4.69) is 0 Å². The number of benzene rings is 1. The van der Waals surface area contributed by atoms with Crippen LogP contribution in [0, 0.1) is 5.92 Å². The van der Waals surface area contributed by atoms with E-state index in [1.165, 1.54) is 0 Å². The number of nitrogens with two attached hydrogens (primary N) is 1. The summed E-state index contributed by atoms with van der Waals surface area (Å²) in [6.45, 7) is 6.61. The number of carbonyl (C=O) groups excluding carboxylic acids is 1. The van der Waals surface area contributed by atoms with E-state index < -0.39 is 6.09 Å². The first kappa shape index (κ1) is 26.5. The lowest BCUT2D eigenvalue weighted by Crippen LogP contribution is -2.37. The predicted octanol–water partition coefficient (Wildman–Crippen LogP) is 2.16. The van der Waals surface area contributed by atoms with E-state index >= 15 is 0 Å². The van der Waals surface area contributed by atoms with E-state index in [0.29, 0.717) is 85.2 Å². The average Bonchev–Trinajstić information content (AvgIpc) is 2.76. The van der Waals surface area contributed by atoms with Crippen molar-refractivity contribution < 1.29 is 38.0 Å². The second-order valence-electron chi connectivity index (χ2n) is 7.46. The highest BCUT2D eigenvalue weighted by Crippen LogP contribution is 2.30. The van der Waals surface area contributed by atoms with Crippen molar-refractivity contribution in [1.29, 1.82) is 0 Å². The molecule has 0 heterocycles. The summed E-state index contributed by atoms with van der Waals surface area (Å²) >= 11 is 0. The van der Waals surface area contributed by atoms with Crippen molar-refractivity contribution in [3.8, 4) is 0 Å². The van der Waals surface area contributed by atoms with Crippen LogP contribution in [0.25, 0.3) is 0 Å². The quantitative estimate of drug-likeness (QED) is 0.298. The minimum atomic E-state index is -0.707. The molecule has 1 amide bonds. The molecule has 2 N–H and O–H groups in total. The van der Waals surface area contributed by atoms with Crippen molar-refractivity contribution in [1.82, 2.24) is 0 Å². The van der Waals surface area contributed by atoms with Crippen molar-refractivity contribution in [2.75, 3.05) is 72.7 Å². The van der Waals surface area contributed by atoms with Crippen LogP contribution in [0.3, 0.4) is 0 Å². The Bertz CT molecular complexity index is 583. The van der Waals surface area contributed by atoms with Gasteiger partial charge in [-0.05, 0) is 24.3 Å². The zero-order valence-corrected chi connectivity index (χ0v) is 18.8. The van der Waals surface area contributed by atoms with Crippen LogP contribution >= 0.6 is 0 Å². The molecule has 1 fully saturated rings. The molecule has 32 heavy (non-hydrogen) atoms. The molecule has 182 valence electrons. The van der Waals surface area contributed by atoms with Gasteiger partial charge in [0.05, 0.1) is 72.7 Å². The molecule has 0 atom stereocenters. The maximum Gasteiger partial charge on any atom is 0.404 e. The minimum absolute atomic E-state index is 0.0456. The maximum absolute atomic E-state index is 10.6. The molecule has 9 nitrogen and oxygen atoms in total. The summed E-state index contributed by atoms with van der Waals surface area (Å²) < 4.78 is 37.8. The summed E-state index contributed by atoms with van der Waals surface area (Å²) in [5, 5.41) is 0. The van der Waals surface area contributed by atoms with Gasteiger partial charge >= 0.3 is 6.09 Å². The molecule has 2 rings (SSSR count). The van der Waals surface area contributed by atoms with Crippen molar-refractivity contribution in [2.24, 2.45) is 11.7 Å². The van der Waals surface area contributed by atoms with Crippen LogP contribution in [0.5, 0.6) is 0 Å². The van der Waals surface area contributed by atoms with Gasteiger partial charge < -0.3 is 38.9 Å². The Morgan fingerprint density at radius 2 is 1.19 bits per heavy atom. The van der Waals surface area contributed by atoms with Gasteiger partial charge in [0.15, 0.2) is 0 Å². The van der Waals surface area contributed by atoms with Crippen LogP contribution in [-0.2, 0) is 39.8 Å². The molecule has 1 aliphatic carbocycles. The molecule has 0 saturated heterocycles. The predicted molar refractivity (Wildman–Crippen MR) is 117 cm³/mol. The van der Waals surface area contributed by atoms with Gasteiger partial charge in [-0.25, -0.2) is 4.79 Å². The molecule has 1 aliphatic rings. The summed E-state index contributed by atoms with van der Waals surface area (Å²) in [6, 6.07) is 10.1. The third-order valence-corrected chi connectivity index (χ3v) is 4.80. The smallest absolute Gasteiger partial charge is 0.404 e. The molecule has 1 aromatic rings. The number of ether oxygens (including phenoxy) is 7. The Labute approximate surface area is 190 Å². The number of hydrogen-bond acceptors (Lipinski definition) is 8. The van der Waals surface area contributed by atoms with E-state index in [-0.39, 0.29) is 6.10 Å². The van der Waals surface area contributed by atoms with Crippen molar-refractivity contribution in [3.05, 3.63) is 35.9 Å². The standard InChI is InChI=1S/C23H37NO8/c24-23(25)32-22-16-21(17-22)19-31-15-13-29-11-9-27-7-6-26-8-10-28-12-14-30-18-20-4-2-1-3-5-20/h1-5,21-22H,6-19H2,(H2,24,25)/t21-,22-. The average molecular weight is 456 g/mol. The molecule has 1 saturated carbocycles. The second kappa shape index (κ2) is 17.8. The van der Waals surface area contributed by atoms with Gasteiger partial charge in [-0.2, -0.15) is 0 Å². The fourth-order valence-corrected chi connectivity index (χ4v) is 3.08. The summed E-state index contributed by atoms with van der Waals surface area (Å²) in [7, 11) is 0. The number of hydrogen-bond donors (Lipinski definition) is 1. The largest absolute Gasteiger partial charge is 0.446 e. The Morgan fingerprint density at radius 1 is 0.719 bits per heavy atom. The molecule has 0 aromatic heterocycles. The number of primary amides is 1. The van der Waals surface area contributed by atoms with Gasteiger partial charge in [-0.15, -0.1) is 0 Å². The minimum Gasteiger partial charge on any atom is -0.446 e. The SMILES string of the molecule is NC(=O)O[C@H]1C[C@H](COCCOCCOCCOCCOCCOCc2ccccc2)C1. The highest BCUT2D eigenvalue weighted by molar-refractivity contribution is 5.64. The topological polar surface area (TPSA) is 108 Å². The monoisotopic (exact) mass is 455 g/mol. The first-order valence-corrected chi connectivity index (χ1v) is 11.2. The van der Waals surface area contributed by atoms with Crippen LogP contribution < -0.4 is 5.73 Å². The maximum atomic E-state index is 10.6. The fourth-order valence-electron chi connectivity index (χ4n) is 3.08. The summed E-state index contributed by atoms with van der Waals surface area (Å²) in [6.07, 6.45) is 0.877. The van der Waals surface area contributed by atoms with Gasteiger partial charge in [0, 0.05) is 6.61 Å². The normalized spacial score (nSPS) is 17.8. The summed E-state index contributed by atoms with van der Waals surface area (Å²) in [4.78, 5) is 10.6. The van der Waals surface area contributed by atoms with Crippen LogP contribution in [-0.4, -0.2) is 84.9 Å². The van der Waals surface area contributed by atoms with E-state index in [1.54, 1.807) is 0 Å². The van der Waals surface area contributed by atoms with E-state index in [4.69, 9.17) is 38.9 Å². The lowest BCUT2D eigenvalue weighted by molar-refractivity contribution is -0.0375. The zero-order valence-electron chi connectivity index (χ0n) is 18.8. The molecule has 0 unspecified atom stereocenters. The van der Waals surface area contributed by atoms with Crippen LogP contribution in [0.1, 0.15) is 18.4 Å². The molecule has 0 aliphatic heterocycles. The zero-order chi connectivity index (χ0) is 22.7. The number of rotatable bonds is 20. The molecule has 0 radical (unpaired) electrons. The molecule has 0 bridgehead atoms. The van der Waals surface area contributed by atoms with Crippen molar-refractivity contribution in [2.45, 2.75) is 25.6 Å². The van der Waals surface area contributed by atoms with Crippen LogP contribution in [0.15, 0.2) is 30.3 Å². The van der Waals surface area contributed by atoms with Crippen molar-refractivity contribution in [3.63, 3.8) is 0 Å². The first-order valence-electron chi connectivity index (χ1n) is 11.2. The molecule has 0 spiro atoms. The van der Waals surface area contributed by atoms with Gasteiger partial charge in [0.2, 0.25) is 0 Å². The lowest BCUT2D eigenvalue weighted by Gasteiger charge is -2.33. The Hall–Kier alpha value is -1.75. The molecule has 9 heteroatoms. The van der Waals surface area contributed by atoms with Crippen LogP contribution in [0.2, 0.25) is 0 Å². The highest BCUT2D eigenvalue weighted by Gasteiger charge is 2.31. The fraction of sp³-hybridized carbons (Fsp3) is 0.696. The van der Waals surface area contributed by atoms with E-state index in [1.807, 2.05) is 30.3 Å². The molecular weight excluding hydrogens is 418 g/mol. The van der Waals surface area contributed by atoms with E-state index in [9.17, 15) is 4.79 Å². The molecular formula is C23H37NO8. The Morgan fingerprint density at radius 3 is 1.69 bits per heavy atom. The van der Waals surface area contributed by atoms with E-state index in [0.717, 1.165) is 18.4 Å². The summed E-state index contributed by atoms with van der Waals surface area (Å²) in [5.74, 6) is 0.432. The second-order valence-corrected chi connectivity index (χ2v) is 7.46. The number of carbonyl (C=O) groups is 1. The Kier molecular flexibility index (Phi) is 14.7. The summed E-state index contributed by atoms with van der Waals surface area (Å²) in [5.41, 5.74) is 6.13.